The molecule has 1 aliphatic carbocycles. The minimum absolute atomic E-state index is 0.542. The molecule has 1 aliphatic rings. The van der Waals surface area contributed by atoms with E-state index >= 15 is 0 Å². The van der Waals surface area contributed by atoms with Crippen LogP contribution in [0.1, 0.15) is 22.3 Å². The van der Waals surface area contributed by atoms with Crippen LogP contribution in [0.3, 0.4) is 0 Å². The number of fused-ring (bicyclic) bond motifs is 7. The molecule has 0 amide bonds. The summed E-state index contributed by atoms with van der Waals surface area (Å²) < 4.78 is 0. The Balaban J connectivity index is 1.24. The lowest BCUT2D eigenvalue weighted by atomic mass is 9.67. The van der Waals surface area contributed by atoms with E-state index in [4.69, 9.17) is 0 Å². The summed E-state index contributed by atoms with van der Waals surface area (Å²) in [5.41, 5.74) is 12.3. The van der Waals surface area contributed by atoms with Gasteiger partial charge >= 0.3 is 0 Å². The number of benzene rings is 10. The van der Waals surface area contributed by atoms with Crippen molar-refractivity contribution >= 4 is 43.1 Å². The summed E-state index contributed by atoms with van der Waals surface area (Å²) in [7, 11) is 0. The molecule has 0 nitrogen and oxygen atoms in total. The Kier molecular flexibility index (Phi) is 6.57. The maximum absolute atomic E-state index is 2.48. The molecule has 0 radical (unpaired) electrons. The highest BCUT2D eigenvalue weighted by atomic mass is 14.5. The van der Waals surface area contributed by atoms with E-state index in [1.807, 2.05) is 0 Å². The zero-order valence-electron chi connectivity index (χ0n) is 29.1. The summed E-state index contributed by atoms with van der Waals surface area (Å²) in [6, 6.07) is 76.9. The summed E-state index contributed by atoms with van der Waals surface area (Å²) in [5, 5.41) is 10.1. The lowest BCUT2D eigenvalue weighted by molar-refractivity contribution is 0.769. The first-order valence-electron chi connectivity index (χ1n) is 18.5. The van der Waals surface area contributed by atoms with E-state index in [9.17, 15) is 0 Å². The van der Waals surface area contributed by atoms with Gasteiger partial charge in [0.1, 0.15) is 0 Å². The second-order valence-electron chi connectivity index (χ2n) is 14.4. The third-order valence-corrected chi connectivity index (χ3v) is 11.7. The van der Waals surface area contributed by atoms with Crippen LogP contribution in [-0.4, -0.2) is 0 Å². The van der Waals surface area contributed by atoms with Gasteiger partial charge in [0.2, 0.25) is 0 Å². The van der Waals surface area contributed by atoms with E-state index in [-0.39, 0.29) is 0 Å². The van der Waals surface area contributed by atoms with Gasteiger partial charge in [-0.3, -0.25) is 0 Å². The van der Waals surface area contributed by atoms with Gasteiger partial charge < -0.3 is 0 Å². The first-order valence-corrected chi connectivity index (χ1v) is 18.5. The first kappa shape index (κ1) is 29.9. The van der Waals surface area contributed by atoms with E-state index in [1.54, 1.807) is 0 Å². The molecule has 0 aliphatic heterocycles. The summed E-state index contributed by atoms with van der Waals surface area (Å²) in [6.45, 7) is 0. The van der Waals surface area contributed by atoms with Gasteiger partial charge in [0.25, 0.3) is 0 Å². The maximum atomic E-state index is 2.48. The summed E-state index contributed by atoms with van der Waals surface area (Å²) in [4.78, 5) is 0. The van der Waals surface area contributed by atoms with Gasteiger partial charge in [-0.2, -0.15) is 0 Å². The number of hydrogen-bond donors (Lipinski definition) is 0. The van der Waals surface area contributed by atoms with Crippen molar-refractivity contribution in [3.05, 3.63) is 229 Å². The van der Waals surface area contributed by atoms with Crippen LogP contribution in [0.25, 0.3) is 76.5 Å². The Morgan fingerprint density at radius 3 is 1.00 bits per heavy atom. The van der Waals surface area contributed by atoms with E-state index in [1.165, 1.54) is 98.7 Å². The van der Waals surface area contributed by atoms with Gasteiger partial charge in [0.05, 0.1) is 5.41 Å². The summed E-state index contributed by atoms with van der Waals surface area (Å²) >= 11 is 0. The highest BCUT2D eigenvalue weighted by Gasteiger charge is 2.46. The highest BCUT2D eigenvalue weighted by Crippen LogP contribution is 2.57. The summed E-state index contributed by atoms with van der Waals surface area (Å²) in [6.07, 6.45) is 0. The topological polar surface area (TPSA) is 0 Å². The van der Waals surface area contributed by atoms with Crippen LogP contribution in [-0.2, 0) is 5.41 Å². The van der Waals surface area contributed by atoms with Gasteiger partial charge in [-0.05, 0) is 123 Å². The fourth-order valence-corrected chi connectivity index (χ4v) is 9.49. The molecule has 0 atom stereocenters. The van der Waals surface area contributed by atoms with Crippen LogP contribution < -0.4 is 0 Å². The van der Waals surface area contributed by atoms with Gasteiger partial charge in [-0.1, -0.05) is 182 Å². The van der Waals surface area contributed by atoms with Crippen molar-refractivity contribution in [2.45, 2.75) is 5.41 Å². The molecule has 53 heavy (non-hydrogen) atoms. The molecule has 0 aromatic heterocycles. The average Bonchev–Trinajstić information content (AvgIpc) is 3.53. The van der Waals surface area contributed by atoms with Crippen molar-refractivity contribution in [2.24, 2.45) is 0 Å². The minimum Gasteiger partial charge on any atom is -0.0619 e. The van der Waals surface area contributed by atoms with Crippen LogP contribution in [0.5, 0.6) is 0 Å². The van der Waals surface area contributed by atoms with Crippen molar-refractivity contribution in [1.29, 1.82) is 0 Å². The Morgan fingerprint density at radius 1 is 0.264 bits per heavy atom. The molecule has 0 saturated heterocycles. The van der Waals surface area contributed by atoms with Crippen molar-refractivity contribution in [3.8, 4) is 33.4 Å². The second kappa shape index (κ2) is 11.6. The molecule has 0 fully saturated rings. The molecule has 0 heterocycles. The Bertz CT molecular complexity index is 2750. The van der Waals surface area contributed by atoms with Gasteiger partial charge in [0.15, 0.2) is 0 Å². The fraction of sp³-hybridized carbons (Fsp3) is 0.0189. The Labute approximate surface area is 309 Å². The molecule has 0 unspecified atom stereocenters. The zero-order chi connectivity index (χ0) is 34.9. The first-order chi connectivity index (χ1) is 26.3. The van der Waals surface area contributed by atoms with Crippen molar-refractivity contribution in [1.82, 2.24) is 0 Å². The predicted molar refractivity (Wildman–Crippen MR) is 225 cm³/mol. The van der Waals surface area contributed by atoms with E-state index in [2.05, 4.69) is 206 Å². The molecule has 0 saturated carbocycles. The normalized spacial score (nSPS) is 13.1. The molecular weight excluding hydrogens is 637 g/mol. The Hall–Kier alpha value is -6.76. The molecule has 10 aromatic carbocycles. The number of hydrogen-bond acceptors (Lipinski definition) is 0. The molecule has 0 N–H and O–H groups in total. The van der Waals surface area contributed by atoms with Crippen LogP contribution >= 0.6 is 0 Å². The summed E-state index contributed by atoms with van der Waals surface area (Å²) in [5.74, 6) is 0. The third-order valence-electron chi connectivity index (χ3n) is 11.7. The standard InChI is InChI=1S/C53H34/c1-5-23-43-35(15-1)31-36-16-2-6-24-44(36)51(43)39-19-13-21-41(33-39)53(49-29-11-9-27-47(49)48-28-10-12-30-50(48)53)42-22-14-20-40(34-42)52-45-25-7-3-17-37(45)32-38-18-4-8-26-46(38)52/h1-34H. The highest BCUT2D eigenvalue weighted by molar-refractivity contribution is 6.14. The average molecular weight is 671 g/mol. The maximum Gasteiger partial charge on any atom is 0.0713 e. The zero-order valence-corrected chi connectivity index (χ0v) is 29.1. The molecule has 246 valence electrons. The van der Waals surface area contributed by atoms with Crippen LogP contribution in [0, 0.1) is 0 Å². The molecule has 0 bridgehead atoms. The molecule has 0 heteroatoms. The number of rotatable bonds is 4. The van der Waals surface area contributed by atoms with Crippen LogP contribution in [0.4, 0.5) is 0 Å². The molecule has 10 aromatic rings. The van der Waals surface area contributed by atoms with Crippen LogP contribution in [0.15, 0.2) is 206 Å². The van der Waals surface area contributed by atoms with Gasteiger partial charge in [-0.15, -0.1) is 0 Å². The van der Waals surface area contributed by atoms with E-state index in [0.717, 1.165) is 0 Å². The lowest BCUT2D eigenvalue weighted by Crippen LogP contribution is -2.28. The predicted octanol–water partition coefficient (Wildman–Crippen LogP) is 14.0. The fourth-order valence-electron chi connectivity index (χ4n) is 9.49. The van der Waals surface area contributed by atoms with Gasteiger partial charge in [-0.25, -0.2) is 0 Å². The van der Waals surface area contributed by atoms with E-state index in [0.29, 0.717) is 0 Å². The molecule has 11 rings (SSSR count). The molecule has 0 spiro atoms. The smallest absolute Gasteiger partial charge is 0.0619 e. The van der Waals surface area contributed by atoms with E-state index < -0.39 is 5.41 Å². The third kappa shape index (κ3) is 4.36. The monoisotopic (exact) mass is 670 g/mol. The SMILES string of the molecule is c1cc(-c2c3ccccc3cc3ccccc23)cc(C2(c3cccc(-c4c5ccccc5cc5ccccc45)c3)c3ccccc3-c3ccccc32)c1. The van der Waals surface area contributed by atoms with Crippen molar-refractivity contribution in [2.75, 3.05) is 0 Å². The second-order valence-corrected chi connectivity index (χ2v) is 14.4. The van der Waals surface area contributed by atoms with Crippen molar-refractivity contribution in [3.63, 3.8) is 0 Å². The Morgan fingerprint density at radius 2 is 0.604 bits per heavy atom. The minimum atomic E-state index is -0.542. The molecular formula is C53H34. The lowest BCUT2D eigenvalue weighted by Gasteiger charge is -2.34. The quantitative estimate of drug-likeness (QED) is 0.164. The van der Waals surface area contributed by atoms with Crippen molar-refractivity contribution < 1.29 is 0 Å². The van der Waals surface area contributed by atoms with Gasteiger partial charge in [0, 0.05) is 0 Å². The largest absolute Gasteiger partial charge is 0.0713 e. The van der Waals surface area contributed by atoms with Crippen LogP contribution in [0.2, 0.25) is 0 Å².